The molecule has 0 unspecified atom stereocenters. The lowest BCUT2D eigenvalue weighted by Gasteiger charge is -2.10. The SMILES string of the molecule is N#Cc1csc(NC(=O)Cn2c(=O)ccc3ncccc32)c1-c1nccs1. The van der Waals surface area contributed by atoms with E-state index < -0.39 is 0 Å². The Morgan fingerprint density at radius 2 is 2.11 bits per heavy atom. The maximum atomic E-state index is 12.6. The minimum absolute atomic E-state index is 0.154. The number of fused-ring (bicyclic) bond motifs is 1. The van der Waals surface area contributed by atoms with E-state index in [2.05, 4.69) is 21.4 Å². The number of nitrogens with zero attached hydrogens (tertiary/aromatic N) is 4. The third-order valence-electron chi connectivity index (χ3n) is 3.87. The summed E-state index contributed by atoms with van der Waals surface area (Å²) in [6.45, 7) is -0.154. The van der Waals surface area contributed by atoms with Crippen LogP contribution in [0.3, 0.4) is 0 Å². The summed E-state index contributed by atoms with van der Waals surface area (Å²) in [5, 5.41) is 16.8. The maximum Gasteiger partial charge on any atom is 0.251 e. The van der Waals surface area contributed by atoms with Crippen molar-refractivity contribution in [3.05, 3.63) is 63.3 Å². The van der Waals surface area contributed by atoms with E-state index in [9.17, 15) is 14.9 Å². The minimum atomic E-state index is -0.363. The number of thiophene rings is 1. The largest absolute Gasteiger partial charge is 0.316 e. The van der Waals surface area contributed by atoms with Crippen molar-refractivity contribution in [1.82, 2.24) is 14.5 Å². The molecule has 0 saturated carbocycles. The van der Waals surface area contributed by atoms with Crippen LogP contribution in [-0.2, 0) is 11.3 Å². The molecule has 0 saturated heterocycles. The van der Waals surface area contributed by atoms with Crippen molar-refractivity contribution in [3.63, 3.8) is 0 Å². The zero-order chi connectivity index (χ0) is 18.8. The first kappa shape index (κ1) is 17.1. The van der Waals surface area contributed by atoms with Crippen LogP contribution in [0.5, 0.6) is 0 Å². The number of rotatable bonds is 4. The molecule has 0 aliphatic carbocycles. The standard InChI is InChI=1S/C18H11N5O2S2/c19-8-11-10-27-18(16(11)17-21-6-7-26-17)22-14(24)9-23-13-2-1-5-20-12(13)3-4-15(23)25/h1-7,10H,9H2,(H,22,24). The van der Waals surface area contributed by atoms with Gasteiger partial charge in [-0.2, -0.15) is 5.26 Å². The molecule has 0 radical (unpaired) electrons. The molecular weight excluding hydrogens is 382 g/mol. The molecule has 27 heavy (non-hydrogen) atoms. The minimum Gasteiger partial charge on any atom is -0.316 e. The summed E-state index contributed by atoms with van der Waals surface area (Å²) in [5.41, 5.74) is 2.00. The van der Waals surface area contributed by atoms with E-state index >= 15 is 0 Å². The monoisotopic (exact) mass is 393 g/mol. The Kier molecular flexibility index (Phi) is 4.50. The Labute approximate surface area is 161 Å². The molecule has 0 aromatic carbocycles. The van der Waals surface area contributed by atoms with Crippen LogP contribution in [-0.4, -0.2) is 20.4 Å². The summed E-state index contributed by atoms with van der Waals surface area (Å²) in [6.07, 6.45) is 3.28. The summed E-state index contributed by atoms with van der Waals surface area (Å²) in [5.74, 6) is -0.363. The van der Waals surface area contributed by atoms with Crippen molar-refractivity contribution in [3.8, 4) is 16.6 Å². The van der Waals surface area contributed by atoms with Gasteiger partial charge in [0.15, 0.2) is 0 Å². The lowest BCUT2D eigenvalue weighted by atomic mass is 10.2. The predicted octanol–water partition coefficient (Wildman–Crippen LogP) is 3.09. The van der Waals surface area contributed by atoms with Gasteiger partial charge in [-0.3, -0.25) is 19.1 Å². The molecule has 4 aromatic rings. The van der Waals surface area contributed by atoms with Crippen molar-refractivity contribution < 1.29 is 4.79 Å². The second kappa shape index (κ2) is 7.11. The highest BCUT2D eigenvalue weighted by Gasteiger charge is 2.18. The van der Waals surface area contributed by atoms with Gasteiger partial charge < -0.3 is 5.32 Å². The fraction of sp³-hybridized carbons (Fsp3) is 0.0556. The topological polar surface area (TPSA) is 101 Å². The van der Waals surface area contributed by atoms with Crippen LogP contribution in [0.4, 0.5) is 5.00 Å². The second-order valence-corrected chi connectivity index (χ2v) is 7.29. The van der Waals surface area contributed by atoms with Crippen LogP contribution >= 0.6 is 22.7 Å². The van der Waals surface area contributed by atoms with Crippen molar-refractivity contribution in [1.29, 1.82) is 5.26 Å². The van der Waals surface area contributed by atoms with E-state index in [0.29, 0.717) is 32.2 Å². The van der Waals surface area contributed by atoms with Crippen molar-refractivity contribution in [2.75, 3.05) is 5.32 Å². The van der Waals surface area contributed by atoms with Gasteiger partial charge in [-0.05, 0) is 18.2 Å². The number of pyridine rings is 2. The summed E-state index contributed by atoms with van der Waals surface area (Å²) in [6, 6.07) is 8.61. The number of hydrogen-bond donors (Lipinski definition) is 1. The third kappa shape index (κ3) is 3.23. The lowest BCUT2D eigenvalue weighted by molar-refractivity contribution is -0.116. The first-order chi connectivity index (χ1) is 13.2. The van der Waals surface area contributed by atoms with Crippen LogP contribution in [0.25, 0.3) is 21.6 Å². The van der Waals surface area contributed by atoms with Gasteiger partial charge in [-0.15, -0.1) is 22.7 Å². The predicted molar refractivity (Wildman–Crippen MR) is 105 cm³/mol. The van der Waals surface area contributed by atoms with Crippen LogP contribution in [0.1, 0.15) is 5.56 Å². The van der Waals surface area contributed by atoms with Crippen LogP contribution < -0.4 is 10.9 Å². The summed E-state index contributed by atoms with van der Waals surface area (Å²) >= 11 is 2.65. The van der Waals surface area contributed by atoms with Gasteiger partial charge in [0, 0.05) is 29.2 Å². The zero-order valence-corrected chi connectivity index (χ0v) is 15.4. The molecule has 0 aliphatic heterocycles. The molecule has 4 rings (SSSR count). The Morgan fingerprint density at radius 3 is 2.89 bits per heavy atom. The smallest absolute Gasteiger partial charge is 0.251 e. The summed E-state index contributed by atoms with van der Waals surface area (Å²) in [4.78, 5) is 33.3. The Morgan fingerprint density at radius 1 is 1.22 bits per heavy atom. The molecule has 0 aliphatic rings. The quantitative estimate of drug-likeness (QED) is 0.574. The summed E-state index contributed by atoms with van der Waals surface area (Å²) in [7, 11) is 0. The molecular formula is C18H11N5O2S2. The van der Waals surface area contributed by atoms with Gasteiger partial charge in [0.25, 0.3) is 5.56 Å². The Bertz CT molecular complexity index is 1230. The molecule has 4 heterocycles. The number of anilines is 1. The normalized spacial score (nSPS) is 10.6. The lowest BCUT2D eigenvalue weighted by Crippen LogP contribution is -2.27. The highest BCUT2D eigenvalue weighted by Crippen LogP contribution is 2.38. The average Bonchev–Trinajstić information content (AvgIpc) is 3.33. The van der Waals surface area contributed by atoms with Crippen LogP contribution in [0.2, 0.25) is 0 Å². The first-order valence-corrected chi connectivity index (χ1v) is 9.59. The molecule has 4 aromatic heterocycles. The first-order valence-electron chi connectivity index (χ1n) is 7.83. The van der Waals surface area contributed by atoms with Crippen LogP contribution in [0, 0.1) is 11.3 Å². The number of nitrogens with one attached hydrogen (secondary N) is 1. The third-order valence-corrected chi connectivity index (χ3v) is 5.56. The van der Waals surface area contributed by atoms with Gasteiger partial charge >= 0.3 is 0 Å². The van der Waals surface area contributed by atoms with Gasteiger partial charge in [-0.25, -0.2) is 4.98 Å². The molecule has 132 valence electrons. The van der Waals surface area contributed by atoms with Crippen molar-refractivity contribution in [2.45, 2.75) is 6.54 Å². The molecule has 0 fully saturated rings. The molecule has 0 spiro atoms. The highest BCUT2D eigenvalue weighted by atomic mass is 32.1. The number of carbonyl (C=O) groups excluding carboxylic acids is 1. The van der Waals surface area contributed by atoms with Crippen LogP contribution in [0.15, 0.2) is 52.2 Å². The average molecular weight is 393 g/mol. The van der Waals surface area contributed by atoms with Gasteiger partial charge in [0.1, 0.15) is 22.6 Å². The number of hydrogen-bond acceptors (Lipinski definition) is 7. The number of aromatic nitrogens is 3. The van der Waals surface area contributed by atoms with E-state index in [-0.39, 0.29) is 18.0 Å². The molecule has 7 nitrogen and oxygen atoms in total. The second-order valence-electron chi connectivity index (χ2n) is 5.52. The Balaban J connectivity index is 1.66. The molecule has 0 bridgehead atoms. The Hall–Kier alpha value is -3.35. The van der Waals surface area contributed by atoms with Gasteiger partial charge in [-0.1, -0.05) is 0 Å². The number of nitriles is 1. The fourth-order valence-corrected chi connectivity index (χ4v) is 4.36. The van der Waals surface area contributed by atoms with Crippen molar-refractivity contribution in [2.24, 2.45) is 0 Å². The fourth-order valence-electron chi connectivity index (χ4n) is 2.69. The number of thiazole rings is 1. The highest BCUT2D eigenvalue weighted by molar-refractivity contribution is 7.17. The molecule has 9 heteroatoms. The van der Waals surface area contributed by atoms with Gasteiger partial charge in [0.2, 0.25) is 5.91 Å². The molecule has 1 N–H and O–H groups in total. The number of carbonyl (C=O) groups is 1. The van der Waals surface area contributed by atoms with E-state index in [1.165, 1.54) is 33.3 Å². The van der Waals surface area contributed by atoms with E-state index in [1.807, 2.05) is 5.38 Å². The zero-order valence-electron chi connectivity index (χ0n) is 13.7. The van der Waals surface area contributed by atoms with E-state index in [1.54, 1.807) is 36.0 Å². The maximum absolute atomic E-state index is 12.6. The van der Waals surface area contributed by atoms with E-state index in [4.69, 9.17) is 0 Å². The summed E-state index contributed by atoms with van der Waals surface area (Å²) < 4.78 is 1.37. The van der Waals surface area contributed by atoms with Gasteiger partial charge in [0.05, 0.1) is 22.2 Å². The molecule has 1 amide bonds. The van der Waals surface area contributed by atoms with Crippen molar-refractivity contribution >= 4 is 44.6 Å². The number of amides is 1. The van der Waals surface area contributed by atoms with E-state index in [0.717, 1.165) is 0 Å². The molecule has 0 atom stereocenters.